The van der Waals surface area contributed by atoms with Gasteiger partial charge in [0.25, 0.3) is 5.91 Å². The van der Waals surface area contributed by atoms with Crippen molar-refractivity contribution in [1.82, 2.24) is 34.6 Å². The smallest absolute Gasteiger partial charge is 0.271 e. The van der Waals surface area contributed by atoms with Crippen molar-refractivity contribution in [1.29, 1.82) is 0 Å². The van der Waals surface area contributed by atoms with Crippen LogP contribution in [-0.2, 0) is 13.6 Å². The van der Waals surface area contributed by atoms with Gasteiger partial charge in [-0.25, -0.2) is 9.97 Å². The molecular weight excluding hydrogens is 404 g/mol. The average molecular weight is 423 g/mol. The second kappa shape index (κ2) is 8.34. The van der Waals surface area contributed by atoms with Crippen molar-refractivity contribution in [3.63, 3.8) is 0 Å². The first-order valence-corrected chi connectivity index (χ1v) is 9.53. The molecule has 0 aliphatic rings. The minimum atomic E-state index is -0.284. The van der Waals surface area contributed by atoms with Crippen LogP contribution in [0.4, 0.5) is 11.8 Å². The highest BCUT2D eigenvalue weighted by molar-refractivity contribution is 6.30. The molecule has 152 valence electrons. The number of nitrogens with zero attached hydrogens (tertiary/aromatic N) is 6. The summed E-state index contributed by atoms with van der Waals surface area (Å²) in [4.78, 5) is 25.5. The van der Waals surface area contributed by atoms with Crippen LogP contribution >= 0.6 is 11.6 Å². The first-order chi connectivity index (χ1) is 14.5. The highest BCUT2D eigenvalue weighted by Gasteiger charge is 2.13. The van der Waals surface area contributed by atoms with Crippen molar-refractivity contribution in [3.05, 3.63) is 77.1 Å². The van der Waals surface area contributed by atoms with Crippen LogP contribution in [0.3, 0.4) is 0 Å². The van der Waals surface area contributed by atoms with Gasteiger partial charge >= 0.3 is 0 Å². The molecule has 0 spiro atoms. The number of benzene rings is 1. The predicted octanol–water partition coefficient (Wildman–Crippen LogP) is 3.03. The maximum absolute atomic E-state index is 12.5. The SMILES string of the molecule is Cc1cnc(Nc2ccnn2C)nc1-n1cnc(C(=O)NCc2cccc(Cl)c2)c1. The van der Waals surface area contributed by atoms with Gasteiger partial charge in [0.2, 0.25) is 5.95 Å². The second-order valence-electron chi connectivity index (χ2n) is 6.64. The number of aromatic nitrogens is 6. The quantitative estimate of drug-likeness (QED) is 0.495. The number of carbonyl (C=O) groups excluding carboxylic acids is 1. The van der Waals surface area contributed by atoms with Gasteiger partial charge in [-0.3, -0.25) is 14.0 Å². The number of carbonyl (C=O) groups is 1. The zero-order chi connectivity index (χ0) is 21.1. The third kappa shape index (κ3) is 4.31. The van der Waals surface area contributed by atoms with Crippen LogP contribution in [0.15, 0.2) is 55.2 Å². The van der Waals surface area contributed by atoms with Crippen molar-refractivity contribution in [3.8, 4) is 5.82 Å². The fourth-order valence-corrected chi connectivity index (χ4v) is 3.05. The number of rotatable bonds is 6. The van der Waals surface area contributed by atoms with Crippen molar-refractivity contribution in [2.75, 3.05) is 5.32 Å². The zero-order valence-corrected chi connectivity index (χ0v) is 17.1. The molecule has 0 atom stereocenters. The van der Waals surface area contributed by atoms with Crippen LogP contribution in [0.25, 0.3) is 5.82 Å². The Balaban J connectivity index is 1.49. The summed E-state index contributed by atoms with van der Waals surface area (Å²) in [6.07, 6.45) is 6.58. The van der Waals surface area contributed by atoms with E-state index in [1.807, 2.05) is 38.2 Å². The molecule has 0 unspecified atom stereocenters. The molecule has 4 rings (SSSR count). The van der Waals surface area contributed by atoms with E-state index in [1.165, 1.54) is 0 Å². The maximum Gasteiger partial charge on any atom is 0.271 e. The molecule has 3 heterocycles. The second-order valence-corrected chi connectivity index (χ2v) is 7.08. The average Bonchev–Trinajstić information content (AvgIpc) is 3.37. The van der Waals surface area contributed by atoms with Crippen molar-refractivity contribution >= 4 is 29.3 Å². The summed E-state index contributed by atoms with van der Waals surface area (Å²) >= 11 is 5.98. The summed E-state index contributed by atoms with van der Waals surface area (Å²) in [6.45, 7) is 2.25. The van der Waals surface area contributed by atoms with Crippen molar-refractivity contribution < 1.29 is 4.79 Å². The third-order valence-electron chi connectivity index (χ3n) is 4.41. The van der Waals surface area contributed by atoms with E-state index in [1.54, 1.807) is 40.2 Å². The number of aryl methyl sites for hydroxylation is 2. The standard InChI is InChI=1S/C20H19ClN8O/c1-13-9-23-20(26-17-6-7-25-28(17)2)27-18(13)29-11-16(24-12-29)19(30)22-10-14-4-3-5-15(21)8-14/h3-9,11-12H,10H2,1-2H3,(H,22,30)(H,23,26,27). The lowest BCUT2D eigenvalue weighted by Gasteiger charge is -2.09. The maximum atomic E-state index is 12.5. The van der Waals surface area contributed by atoms with E-state index in [0.29, 0.717) is 23.3 Å². The zero-order valence-electron chi connectivity index (χ0n) is 16.4. The molecule has 0 saturated carbocycles. The molecule has 10 heteroatoms. The van der Waals surface area contributed by atoms with E-state index in [-0.39, 0.29) is 11.6 Å². The largest absolute Gasteiger partial charge is 0.347 e. The summed E-state index contributed by atoms with van der Waals surface area (Å²) in [5.41, 5.74) is 2.04. The van der Waals surface area contributed by atoms with E-state index in [9.17, 15) is 4.79 Å². The van der Waals surface area contributed by atoms with Crippen molar-refractivity contribution in [2.24, 2.45) is 7.05 Å². The minimum absolute atomic E-state index is 0.284. The Kier molecular flexibility index (Phi) is 5.44. The number of halogens is 1. The number of amides is 1. The number of nitrogens with one attached hydrogen (secondary N) is 2. The molecule has 30 heavy (non-hydrogen) atoms. The molecule has 0 saturated heterocycles. The summed E-state index contributed by atoms with van der Waals surface area (Å²) < 4.78 is 3.38. The van der Waals surface area contributed by atoms with Crippen LogP contribution < -0.4 is 10.6 Å². The minimum Gasteiger partial charge on any atom is -0.347 e. The fourth-order valence-electron chi connectivity index (χ4n) is 2.84. The van der Waals surface area contributed by atoms with Crippen LogP contribution in [-0.4, -0.2) is 35.2 Å². The molecule has 0 radical (unpaired) electrons. The molecule has 4 aromatic rings. The van der Waals surface area contributed by atoms with Gasteiger partial charge in [-0.05, 0) is 24.6 Å². The topological polar surface area (TPSA) is 103 Å². The predicted molar refractivity (Wildman–Crippen MR) is 113 cm³/mol. The van der Waals surface area contributed by atoms with Gasteiger partial charge in [-0.2, -0.15) is 10.1 Å². The van der Waals surface area contributed by atoms with E-state index in [4.69, 9.17) is 11.6 Å². The van der Waals surface area contributed by atoms with E-state index >= 15 is 0 Å². The van der Waals surface area contributed by atoms with Gasteiger partial charge in [-0.15, -0.1) is 0 Å². The summed E-state index contributed by atoms with van der Waals surface area (Å²) in [7, 11) is 1.82. The molecule has 9 nitrogen and oxygen atoms in total. The first-order valence-electron chi connectivity index (χ1n) is 9.15. The molecule has 2 N–H and O–H groups in total. The van der Waals surface area contributed by atoms with Crippen LogP contribution in [0.5, 0.6) is 0 Å². The summed E-state index contributed by atoms with van der Waals surface area (Å²) in [6, 6.07) is 9.15. The van der Waals surface area contributed by atoms with Gasteiger partial charge in [0.05, 0.1) is 6.20 Å². The Morgan fingerprint density at radius 2 is 2.10 bits per heavy atom. The van der Waals surface area contributed by atoms with Crippen molar-refractivity contribution in [2.45, 2.75) is 13.5 Å². The van der Waals surface area contributed by atoms with E-state index < -0.39 is 0 Å². The van der Waals surface area contributed by atoms with E-state index in [2.05, 4.69) is 30.7 Å². The molecular formula is C20H19ClN8O. The number of imidazole rings is 1. The molecule has 1 amide bonds. The Labute approximate surface area is 177 Å². The highest BCUT2D eigenvalue weighted by atomic mass is 35.5. The first kappa shape index (κ1) is 19.6. The third-order valence-corrected chi connectivity index (χ3v) is 4.64. The molecule has 0 fully saturated rings. The van der Waals surface area contributed by atoms with Gasteiger partial charge in [0, 0.05) is 42.6 Å². The van der Waals surface area contributed by atoms with Gasteiger partial charge in [0.15, 0.2) is 0 Å². The molecule has 1 aromatic carbocycles. The lowest BCUT2D eigenvalue weighted by Crippen LogP contribution is -2.23. The highest BCUT2D eigenvalue weighted by Crippen LogP contribution is 2.16. The Morgan fingerprint density at radius 3 is 2.87 bits per heavy atom. The molecule has 0 aliphatic carbocycles. The number of hydrogen-bond acceptors (Lipinski definition) is 6. The Bertz CT molecular complexity index is 1200. The lowest BCUT2D eigenvalue weighted by molar-refractivity contribution is 0.0946. The molecule has 0 bridgehead atoms. The summed E-state index contributed by atoms with van der Waals surface area (Å²) in [5, 5.41) is 10.7. The number of hydrogen-bond donors (Lipinski definition) is 2. The van der Waals surface area contributed by atoms with Gasteiger partial charge in [0.1, 0.15) is 23.7 Å². The van der Waals surface area contributed by atoms with Gasteiger partial charge < -0.3 is 10.6 Å². The lowest BCUT2D eigenvalue weighted by atomic mass is 10.2. The Morgan fingerprint density at radius 1 is 1.23 bits per heavy atom. The summed E-state index contributed by atoms with van der Waals surface area (Å²) in [5.74, 6) is 1.51. The van der Waals surface area contributed by atoms with Crippen LogP contribution in [0.1, 0.15) is 21.6 Å². The molecule has 3 aromatic heterocycles. The van der Waals surface area contributed by atoms with Crippen LogP contribution in [0.2, 0.25) is 5.02 Å². The number of anilines is 2. The van der Waals surface area contributed by atoms with Crippen LogP contribution in [0, 0.1) is 6.92 Å². The normalized spacial score (nSPS) is 10.8. The fraction of sp³-hybridized carbons (Fsp3) is 0.150. The van der Waals surface area contributed by atoms with E-state index in [0.717, 1.165) is 16.9 Å². The monoisotopic (exact) mass is 422 g/mol. The van der Waals surface area contributed by atoms with Gasteiger partial charge in [-0.1, -0.05) is 23.7 Å². The molecule has 0 aliphatic heterocycles. The Hall–Kier alpha value is -3.72.